The van der Waals surface area contributed by atoms with Gasteiger partial charge >= 0.3 is 5.97 Å². The molecule has 3 unspecified atom stereocenters. The van der Waals surface area contributed by atoms with E-state index < -0.39 is 23.2 Å². The quantitative estimate of drug-likeness (QED) is 0.929. The van der Waals surface area contributed by atoms with E-state index in [1.807, 2.05) is 33.0 Å². The summed E-state index contributed by atoms with van der Waals surface area (Å²) in [6.07, 6.45) is 1.90. The summed E-state index contributed by atoms with van der Waals surface area (Å²) in [6, 6.07) is 8.28. The molecule has 1 aromatic rings. The highest BCUT2D eigenvalue weighted by Crippen LogP contribution is 2.59. The van der Waals surface area contributed by atoms with Gasteiger partial charge in [0.25, 0.3) is 0 Å². The monoisotopic (exact) mass is 287 g/mol. The molecule has 0 aliphatic heterocycles. The third-order valence-electron chi connectivity index (χ3n) is 5.28. The molecule has 2 aliphatic carbocycles. The van der Waals surface area contributed by atoms with Crippen molar-refractivity contribution >= 4 is 11.9 Å². The van der Waals surface area contributed by atoms with E-state index in [1.165, 1.54) is 11.1 Å². The summed E-state index contributed by atoms with van der Waals surface area (Å²) in [7, 11) is 1.81. The zero-order valence-corrected chi connectivity index (χ0v) is 12.7. The van der Waals surface area contributed by atoms with Gasteiger partial charge in [-0.15, -0.1) is 0 Å². The van der Waals surface area contributed by atoms with E-state index in [-0.39, 0.29) is 11.9 Å². The largest absolute Gasteiger partial charge is 0.481 e. The van der Waals surface area contributed by atoms with Gasteiger partial charge in [0.15, 0.2) is 0 Å². The molecule has 0 saturated heterocycles. The molecule has 1 aromatic carbocycles. The van der Waals surface area contributed by atoms with Crippen molar-refractivity contribution < 1.29 is 14.7 Å². The topological polar surface area (TPSA) is 57.6 Å². The van der Waals surface area contributed by atoms with Crippen LogP contribution in [0.4, 0.5) is 0 Å². The lowest BCUT2D eigenvalue weighted by Gasteiger charge is -2.26. The van der Waals surface area contributed by atoms with Crippen LogP contribution in [0.15, 0.2) is 24.3 Å². The van der Waals surface area contributed by atoms with E-state index in [0.29, 0.717) is 0 Å². The van der Waals surface area contributed by atoms with Crippen molar-refractivity contribution in [3.63, 3.8) is 0 Å². The highest BCUT2D eigenvalue weighted by Gasteiger charge is 2.66. The number of benzene rings is 1. The van der Waals surface area contributed by atoms with Crippen LogP contribution in [0.2, 0.25) is 0 Å². The Morgan fingerprint density at radius 1 is 1.24 bits per heavy atom. The zero-order valence-electron chi connectivity index (χ0n) is 12.7. The van der Waals surface area contributed by atoms with E-state index in [0.717, 1.165) is 12.8 Å². The van der Waals surface area contributed by atoms with Gasteiger partial charge in [-0.05, 0) is 29.4 Å². The number of carboxylic acids is 1. The second-order valence-electron chi connectivity index (χ2n) is 6.82. The first kappa shape index (κ1) is 14.1. The van der Waals surface area contributed by atoms with Crippen molar-refractivity contribution in [2.45, 2.75) is 32.7 Å². The van der Waals surface area contributed by atoms with Crippen molar-refractivity contribution in [1.29, 1.82) is 0 Å². The molecule has 4 heteroatoms. The Hall–Kier alpha value is -1.84. The van der Waals surface area contributed by atoms with Crippen molar-refractivity contribution in [3.05, 3.63) is 35.4 Å². The smallest absolute Gasteiger partial charge is 0.307 e. The minimum atomic E-state index is -0.862. The third kappa shape index (κ3) is 2.04. The van der Waals surface area contributed by atoms with E-state index in [1.54, 1.807) is 4.90 Å². The number of aryl methyl sites for hydroxylation is 1. The lowest BCUT2D eigenvalue weighted by atomic mass is 10.1. The molecule has 21 heavy (non-hydrogen) atoms. The van der Waals surface area contributed by atoms with Crippen LogP contribution >= 0.6 is 0 Å². The van der Waals surface area contributed by atoms with E-state index in [4.69, 9.17) is 0 Å². The van der Waals surface area contributed by atoms with Gasteiger partial charge in [-0.25, -0.2) is 0 Å². The second kappa shape index (κ2) is 4.58. The number of carboxylic acid groups (broad SMARTS) is 1. The average molecular weight is 287 g/mol. The lowest BCUT2D eigenvalue weighted by Crippen LogP contribution is -2.33. The molecule has 3 rings (SSSR count). The Morgan fingerprint density at radius 2 is 1.90 bits per heavy atom. The predicted molar refractivity (Wildman–Crippen MR) is 78.7 cm³/mol. The van der Waals surface area contributed by atoms with Gasteiger partial charge in [0.2, 0.25) is 5.91 Å². The van der Waals surface area contributed by atoms with Gasteiger partial charge in [-0.3, -0.25) is 9.59 Å². The van der Waals surface area contributed by atoms with Crippen molar-refractivity contribution in [1.82, 2.24) is 4.90 Å². The van der Waals surface area contributed by atoms with Gasteiger partial charge in [0.1, 0.15) is 0 Å². The summed E-state index contributed by atoms with van der Waals surface area (Å²) >= 11 is 0. The maximum absolute atomic E-state index is 12.7. The Bertz CT molecular complexity index is 608. The number of amides is 1. The van der Waals surface area contributed by atoms with Crippen LogP contribution in [-0.2, 0) is 16.0 Å². The van der Waals surface area contributed by atoms with Crippen molar-refractivity contribution in [2.24, 2.45) is 17.3 Å². The molecule has 0 spiro atoms. The molecule has 0 radical (unpaired) electrons. The average Bonchev–Trinajstić information content (AvgIpc) is 2.82. The first-order valence-corrected chi connectivity index (χ1v) is 7.43. The van der Waals surface area contributed by atoms with Gasteiger partial charge in [-0.2, -0.15) is 0 Å². The fourth-order valence-electron chi connectivity index (χ4n) is 3.87. The van der Waals surface area contributed by atoms with Gasteiger partial charge in [-0.1, -0.05) is 38.1 Å². The van der Waals surface area contributed by atoms with Crippen LogP contribution in [-0.4, -0.2) is 28.9 Å². The second-order valence-corrected chi connectivity index (χ2v) is 6.82. The summed E-state index contributed by atoms with van der Waals surface area (Å²) < 4.78 is 0. The normalized spacial score (nSPS) is 28.8. The third-order valence-corrected chi connectivity index (χ3v) is 5.28. The number of hydrogen-bond acceptors (Lipinski definition) is 2. The summed E-state index contributed by atoms with van der Waals surface area (Å²) in [5.74, 6) is -1.84. The number of carbonyl (C=O) groups excluding carboxylic acids is 1. The molecule has 1 fully saturated rings. The SMILES string of the molecule is CN(C(=O)C1C(C(=O)O)C1(C)C)C1CCc2ccccc21. The highest BCUT2D eigenvalue weighted by molar-refractivity contribution is 5.91. The summed E-state index contributed by atoms with van der Waals surface area (Å²) in [5.41, 5.74) is 2.07. The molecule has 1 saturated carbocycles. The summed E-state index contributed by atoms with van der Waals surface area (Å²) in [6.45, 7) is 3.73. The molecule has 112 valence electrons. The van der Waals surface area contributed by atoms with Crippen LogP contribution in [0.1, 0.15) is 37.4 Å². The van der Waals surface area contributed by atoms with Crippen LogP contribution in [0.25, 0.3) is 0 Å². The maximum atomic E-state index is 12.7. The molecule has 0 aromatic heterocycles. The maximum Gasteiger partial charge on any atom is 0.307 e. The number of fused-ring (bicyclic) bond motifs is 1. The number of carbonyl (C=O) groups is 2. The first-order chi connectivity index (χ1) is 9.85. The minimum absolute atomic E-state index is 0.0332. The Labute approximate surface area is 124 Å². The molecular weight excluding hydrogens is 266 g/mol. The predicted octanol–water partition coefficient (Wildman–Crippen LogP) is 2.49. The number of aliphatic carboxylic acids is 1. The molecule has 4 nitrogen and oxygen atoms in total. The van der Waals surface area contributed by atoms with E-state index in [2.05, 4.69) is 12.1 Å². The van der Waals surface area contributed by atoms with Crippen LogP contribution < -0.4 is 0 Å². The fraction of sp³-hybridized carbons (Fsp3) is 0.529. The zero-order chi connectivity index (χ0) is 15.4. The molecule has 2 aliphatic rings. The Morgan fingerprint density at radius 3 is 2.52 bits per heavy atom. The van der Waals surface area contributed by atoms with Gasteiger partial charge < -0.3 is 10.0 Å². The van der Waals surface area contributed by atoms with E-state index in [9.17, 15) is 14.7 Å². The Kier molecular flexibility index (Phi) is 3.08. The number of hydrogen-bond donors (Lipinski definition) is 1. The first-order valence-electron chi connectivity index (χ1n) is 7.43. The molecule has 0 bridgehead atoms. The van der Waals surface area contributed by atoms with Gasteiger partial charge in [0.05, 0.1) is 17.9 Å². The van der Waals surface area contributed by atoms with Crippen LogP contribution in [0.3, 0.4) is 0 Å². The molecule has 3 atom stereocenters. The summed E-state index contributed by atoms with van der Waals surface area (Å²) in [4.78, 5) is 25.7. The molecular formula is C17H21NO3. The minimum Gasteiger partial charge on any atom is -0.481 e. The standard InChI is InChI=1S/C17H21NO3/c1-17(2)13(14(17)16(20)21)15(19)18(3)12-9-8-10-6-4-5-7-11(10)12/h4-7,12-14H,8-9H2,1-3H3,(H,20,21). The van der Waals surface area contributed by atoms with Crippen molar-refractivity contribution in [2.75, 3.05) is 7.05 Å². The summed E-state index contributed by atoms with van der Waals surface area (Å²) in [5, 5.41) is 9.24. The highest BCUT2D eigenvalue weighted by atomic mass is 16.4. The molecule has 1 N–H and O–H groups in total. The van der Waals surface area contributed by atoms with Gasteiger partial charge in [0, 0.05) is 7.05 Å². The van der Waals surface area contributed by atoms with Crippen molar-refractivity contribution in [3.8, 4) is 0 Å². The van der Waals surface area contributed by atoms with Crippen LogP contribution in [0, 0.1) is 17.3 Å². The van der Waals surface area contributed by atoms with E-state index >= 15 is 0 Å². The Balaban J connectivity index is 1.80. The number of nitrogens with zero attached hydrogens (tertiary/aromatic N) is 1. The lowest BCUT2D eigenvalue weighted by molar-refractivity contribution is -0.142. The molecule has 1 amide bonds. The molecule has 0 heterocycles. The van der Waals surface area contributed by atoms with Crippen LogP contribution in [0.5, 0.6) is 0 Å². The number of rotatable bonds is 3. The fourth-order valence-corrected chi connectivity index (χ4v) is 3.87.